The monoisotopic (exact) mass is 341 g/mol. The molecule has 0 bridgehead atoms. The number of aromatic nitrogens is 1. The first-order valence-corrected chi connectivity index (χ1v) is 8.32. The molecule has 2 aromatic rings. The molecular weight excluding hydrogens is 314 g/mol. The van der Waals surface area contributed by atoms with E-state index in [2.05, 4.69) is 28.4 Å². The molecule has 0 fully saturated rings. The molecule has 1 unspecified atom stereocenters. The van der Waals surface area contributed by atoms with Gasteiger partial charge >= 0.3 is 0 Å². The number of hydrogen-bond donors (Lipinski definition) is 2. The number of fused-ring (bicyclic) bond motifs is 1. The van der Waals surface area contributed by atoms with E-state index in [1.165, 1.54) is 0 Å². The van der Waals surface area contributed by atoms with Gasteiger partial charge in [-0.15, -0.1) is 13.2 Å². The van der Waals surface area contributed by atoms with Gasteiger partial charge in [-0.25, -0.2) is 0 Å². The Morgan fingerprint density at radius 3 is 2.68 bits per heavy atom. The van der Waals surface area contributed by atoms with E-state index in [0.29, 0.717) is 26.2 Å². The minimum atomic E-state index is -0.920. The summed E-state index contributed by atoms with van der Waals surface area (Å²) in [5.74, 6) is 0.752. The lowest BCUT2D eigenvalue weighted by Gasteiger charge is -2.31. The van der Waals surface area contributed by atoms with E-state index in [0.717, 1.165) is 22.3 Å². The molecule has 0 radical (unpaired) electrons. The van der Waals surface area contributed by atoms with E-state index in [1.807, 2.05) is 43.3 Å². The lowest BCUT2D eigenvalue weighted by molar-refractivity contribution is 0.0380. The second-order valence-corrected chi connectivity index (χ2v) is 6.37. The number of hydrogen-bond acceptors (Lipinski definition) is 5. The van der Waals surface area contributed by atoms with Crippen molar-refractivity contribution in [3.63, 3.8) is 0 Å². The average molecular weight is 341 g/mol. The molecule has 0 saturated carbocycles. The zero-order valence-electron chi connectivity index (χ0n) is 15.0. The van der Waals surface area contributed by atoms with Crippen LogP contribution in [0.15, 0.2) is 55.8 Å². The molecule has 0 spiro atoms. The molecule has 1 heterocycles. The molecule has 1 atom stereocenters. The lowest BCUT2D eigenvalue weighted by Crippen LogP contribution is -2.45. The standard InChI is InChI=1S/C20H27N3O2/c1-5-10-23(11-6-2)15-20(3,24)14-22-18-13-17(25-4)12-16-8-7-9-21-19(16)18/h5-9,12-13,22,24H,1-2,10-11,14-15H2,3-4H3. The maximum absolute atomic E-state index is 10.8. The van der Waals surface area contributed by atoms with Crippen molar-refractivity contribution in [2.24, 2.45) is 0 Å². The molecule has 0 amide bonds. The summed E-state index contributed by atoms with van der Waals surface area (Å²) in [7, 11) is 1.64. The van der Waals surface area contributed by atoms with Gasteiger partial charge in [-0.3, -0.25) is 9.88 Å². The maximum Gasteiger partial charge on any atom is 0.121 e. The number of nitrogens with one attached hydrogen (secondary N) is 1. The van der Waals surface area contributed by atoms with Gasteiger partial charge in [-0.1, -0.05) is 18.2 Å². The Hall–Kier alpha value is -2.37. The fraction of sp³-hybridized carbons (Fsp3) is 0.350. The molecular formula is C20H27N3O2. The predicted octanol–water partition coefficient (Wildman–Crippen LogP) is 3.08. The lowest BCUT2D eigenvalue weighted by atomic mass is 10.1. The van der Waals surface area contributed by atoms with Gasteiger partial charge in [-0.05, 0) is 19.1 Å². The van der Waals surface area contributed by atoms with E-state index in [9.17, 15) is 5.11 Å². The van der Waals surface area contributed by atoms with Gasteiger partial charge in [0.15, 0.2) is 0 Å². The van der Waals surface area contributed by atoms with Crippen LogP contribution in [0.3, 0.4) is 0 Å². The number of pyridine rings is 1. The highest BCUT2D eigenvalue weighted by atomic mass is 16.5. The Labute approximate surface area is 149 Å². The smallest absolute Gasteiger partial charge is 0.121 e. The first-order valence-electron chi connectivity index (χ1n) is 8.32. The molecule has 2 rings (SSSR count). The molecule has 0 aliphatic heterocycles. The second kappa shape index (κ2) is 8.65. The first kappa shape index (κ1) is 19.0. The van der Waals surface area contributed by atoms with Gasteiger partial charge < -0.3 is 15.2 Å². The highest BCUT2D eigenvalue weighted by molar-refractivity contribution is 5.91. The third kappa shape index (κ3) is 5.31. The Bertz CT molecular complexity index is 718. The minimum absolute atomic E-state index is 0.386. The van der Waals surface area contributed by atoms with Gasteiger partial charge in [0.2, 0.25) is 0 Å². The summed E-state index contributed by atoms with van der Waals surface area (Å²) in [6.45, 7) is 11.6. The Morgan fingerprint density at radius 2 is 2.04 bits per heavy atom. The van der Waals surface area contributed by atoms with Crippen molar-refractivity contribution in [3.8, 4) is 5.75 Å². The second-order valence-electron chi connectivity index (χ2n) is 6.37. The van der Waals surface area contributed by atoms with Crippen LogP contribution in [0.25, 0.3) is 10.9 Å². The first-order chi connectivity index (χ1) is 12.0. The highest BCUT2D eigenvalue weighted by Gasteiger charge is 2.23. The predicted molar refractivity (Wildman–Crippen MR) is 104 cm³/mol. The number of aliphatic hydroxyl groups is 1. The molecule has 5 heteroatoms. The molecule has 1 aromatic heterocycles. The van der Waals surface area contributed by atoms with Crippen molar-refractivity contribution < 1.29 is 9.84 Å². The van der Waals surface area contributed by atoms with Crippen LogP contribution in [0.4, 0.5) is 5.69 Å². The van der Waals surface area contributed by atoms with Crippen LogP contribution < -0.4 is 10.1 Å². The Kier molecular flexibility index (Phi) is 6.56. The molecule has 2 N–H and O–H groups in total. The SMILES string of the molecule is C=CCN(CC=C)CC(C)(O)CNc1cc(OC)cc2cccnc12. The van der Waals surface area contributed by atoms with Gasteiger partial charge in [0, 0.05) is 43.8 Å². The molecule has 25 heavy (non-hydrogen) atoms. The van der Waals surface area contributed by atoms with E-state index in [1.54, 1.807) is 13.3 Å². The number of benzene rings is 1. The van der Waals surface area contributed by atoms with Crippen molar-refractivity contribution in [2.45, 2.75) is 12.5 Å². The zero-order valence-corrected chi connectivity index (χ0v) is 15.0. The Morgan fingerprint density at radius 1 is 1.32 bits per heavy atom. The minimum Gasteiger partial charge on any atom is -0.497 e. The third-order valence-corrected chi connectivity index (χ3v) is 3.91. The van der Waals surface area contributed by atoms with Gasteiger partial charge in [0.25, 0.3) is 0 Å². The van der Waals surface area contributed by atoms with Crippen molar-refractivity contribution in [1.29, 1.82) is 0 Å². The van der Waals surface area contributed by atoms with Crippen LogP contribution in [0.1, 0.15) is 6.92 Å². The summed E-state index contributed by atoms with van der Waals surface area (Å²) in [4.78, 5) is 6.53. The average Bonchev–Trinajstić information content (AvgIpc) is 2.59. The van der Waals surface area contributed by atoms with Crippen LogP contribution in [-0.2, 0) is 0 Å². The van der Waals surface area contributed by atoms with E-state index >= 15 is 0 Å². The van der Waals surface area contributed by atoms with Gasteiger partial charge in [0.1, 0.15) is 5.75 Å². The van der Waals surface area contributed by atoms with Crippen LogP contribution in [0.5, 0.6) is 5.75 Å². The fourth-order valence-corrected chi connectivity index (χ4v) is 2.81. The van der Waals surface area contributed by atoms with E-state index in [-0.39, 0.29) is 0 Å². The summed E-state index contributed by atoms with van der Waals surface area (Å²) >= 11 is 0. The number of ether oxygens (including phenoxy) is 1. The topological polar surface area (TPSA) is 57.6 Å². The molecule has 0 aliphatic rings. The van der Waals surface area contributed by atoms with Crippen LogP contribution in [0, 0.1) is 0 Å². The zero-order chi connectivity index (χ0) is 18.3. The molecule has 0 saturated heterocycles. The van der Waals surface area contributed by atoms with Gasteiger partial charge in [0.05, 0.1) is 23.9 Å². The van der Waals surface area contributed by atoms with Crippen LogP contribution in [-0.4, -0.2) is 53.9 Å². The van der Waals surface area contributed by atoms with Crippen LogP contribution in [0.2, 0.25) is 0 Å². The summed E-state index contributed by atoms with van der Waals surface area (Å²) in [5, 5.41) is 15.1. The van der Waals surface area contributed by atoms with E-state index in [4.69, 9.17) is 4.74 Å². The quantitative estimate of drug-likeness (QED) is 0.651. The largest absolute Gasteiger partial charge is 0.497 e. The number of nitrogens with zero attached hydrogens (tertiary/aromatic N) is 2. The molecule has 0 aliphatic carbocycles. The van der Waals surface area contributed by atoms with E-state index < -0.39 is 5.60 Å². The normalized spacial score (nSPS) is 13.4. The van der Waals surface area contributed by atoms with Gasteiger partial charge in [-0.2, -0.15) is 0 Å². The maximum atomic E-state index is 10.8. The van der Waals surface area contributed by atoms with Crippen molar-refractivity contribution in [1.82, 2.24) is 9.88 Å². The molecule has 5 nitrogen and oxygen atoms in total. The highest BCUT2D eigenvalue weighted by Crippen LogP contribution is 2.28. The summed E-state index contributed by atoms with van der Waals surface area (Å²) in [5.41, 5.74) is 0.776. The Balaban J connectivity index is 2.15. The summed E-state index contributed by atoms with van der Waals surface area (Å²) < 4.78 is 5.36. The third-order valence-electron chi connectivity index (χ3n) is 3.91. The fourth-order valence-electron chi connectivity index (χ4n) is 2.81. The number of methoxy groups -OCH3 is 1. The number of anilines is 1. The molecule has 1 aromatic carbocycles. The van der Waals surface area contributed by atoms with Crippen molar-refractivity contribution in [2.75, 3.05) is 38.6 Å². The molecule has 134 valence electrons. The number of rotatable bonds is 10. The summed E-state index contributed by atoms with van der Waals surface area (Å²) in [6, 6.07) is 7.73. The van der Waals surface area contributed by atoms with Crippen LogP contribution >= 0.6 is 0 Å². The summed E-state index contributed by atoms with van der Waals surface area (Å²) in [6.07, 6.45) is 5.41. The van der Waals surface area contributed by atoms with Crippen molar-refractivity contribution in [3.05, 3.63) is 55.8 Å². The van der Waals surface area contributed by atoms with Crippen molar-refractivity contribution >= 4 is 16.6 Å².